The second-order valence-corrected chi connectivity index (χ2v) is 7.36. The quantitative estimate of drug-likeness (QED) is 0.197. The maximum absolute atomic E-state index is 12.2. The van der Waals surface area contributed by atoms with Crippen molar-refractivity contribution in [2.45, 2.75) is 51.2 Å². The van der Waals surface area contributed by atoms with Crippen LogP contribution in [0.1, 0.15) is 44.1 Å². The van der Waals surface area contributed by atoms with Gasteiger partial charge < -0.3 is 20.3 Å². The topological polar surface area (TPSA) is 48.9 Å². The Labute approximate surface area is 194 Å². The number of nitrogens with zero attached hydrogens (tertiary/aromatic N) is 2. The lowest BCUT2D eigenvalue weighted by molar-refractivity contribution is -0.153. The van der Waals surface area contributed by atoms with E-state index in [0.717, 1.165) is 24.5 Å². The predicted octanol–water partition coefficient (Wildman–Crippen LogP) is 4.57. The van der Waals surface area contributed by atoms with Gasteiger partial charge in [-0.2, -0.15) is 13.2 Å². The fourth-order valence-electron chi connectivity index (χ4n) is 3.30. The summed E-state index contributed by atoms with van der Waals surface area (Å²) in [6.07, 6.45) is 3.25. The fourth-order valence-corrected chi connectivity index (χ4v) is 3.30. The first-order chi connectivity index (χ1) is 14.0. The van der Waals surface area contributed by atoms with Gasteiger partial charge in [0.1, 0.15) is 5.75 Å². The Kier molecular flexibility index (Phi) is 13.2. The minimum absolute atomic E-state index is 0. The lowest BCUT2D eigenvalue weighted by atomic mass is 10.1. The summed E-state index contributed by atoms with van der Waals surface area (Å²) in [5.41, 5.74) is 0.939. The van der Waals surface area contributed by atoms with E-state index in [-0.39, 0.29) is 29.7 Å². The lowest BCUT2D eigenvalue weighted by Crippen LogP contribution is -2.37. The Bertz CT molecular complexity index is 605. The van der Waals surface area contributed by atoms with Gasteiger partial charge in [0.25, 0.3) is 0 Å². The molecule has 0 aromatic heterocycles. The van der Waals surface area contributed by atoms with Crippen molar-refractivity contribution in [1.29, 1.82) is 0 Å². The van der Waals surface area contributed by atoms with Gasteiger partial charge >= 0.3 is 6.18 Å². The molecular weight excluding hydrogens is 508 g/mol. The van der Waals surface area contributed by atoms with Crippen molar-refractivity contribution >= 4 is 29.9 Å². The third-order valence-electron chi connectivity index (χ3n) is 4.90. The molecule has 1 aliphatic rings. The minimum atomic E-state index is -4.33. The molecule has 0 radical (unpaired) electrons. The van der Waals surface area contributed by atoms with Crippen LogP contribution in [-0.2, 0) is 6.54 Å². The number of ether oxygens (including phenoxy) is 1. The van der Waals surface area contributed by atoms with Gasteiger partial charge in [0.15, 0.2) is 12.6 Å². The molecule has 5 nitrogen and oxygen atoms in total. The van der Waals surface area contributed by atoms with Crippen LogP contribution in [0.2, 0.25) is 0 Å². The van der Waals surface area contributed by atoms with Crippen LogP contribution < -0.4 is 15.4 Å². The number of hydrogen-bond acceptors (Lipinski definition) is 3. The van der Waals surface area contributed by atoms with E-state index >= 15 is 0 Å². The van der Waals surface area contributed by atoms with Crippen LogP contribution in [0.15, 0.2) is 29.3 Å². The zero-order chi connectivity index (χ0) is 21.0. The summed E-state index contributed by atoms with van der Waals surface area (Å²) in [6, 6.07) is 6.57. The van der Waals surface area contributed by atoms with Crippen LogP contribution in [0.4, 0.5) is 13.2 Å². The number of nitrogens with one attached hydrogen (secondary N) is 2. The second kappa shape index (κ2) is 14.7. The number of unbranched alkanes of at least 4 members (excludes halogenated alkanes) is 2. The molecule has 1 saturated heterocycles. The third-order valence-corrected chi connectivity index (χ3v) is 4.90. The van der Waals surface area contributed by atoms with E-state index in [4.69, 9.17) is 4.74 Å². The molecular formula is C21H34F3IN4O. The van der Waals surface area contributed by atoms with E-state index in [1.54, 1.807) is 31.3 Å². The monoisotopic (exact) mass is 542 g/mol. The highest BCUT2D eigenvalue weighted by Crippen LogP contribution is 2.18. The second-order valence-electron chi connectivity index (χ2n) is 7.36. The summed E-state index contributed by atoms with van der Waals surface area (Å²) in [4.78, 5) is 6.77. The average molecular weight is 542 g/mol. The van der Waals surface area contributed by atoms with E-state index in [1.807, 2.05) is 0 Å². The molecule has 1 aromatic carbocycles. The predicted molar refractivity (Wildman–Crippen MR) is 126 cm³/mol. The van der Waals surface area contributed by atoms with Gasteiger partial charge in [-0.1, -0.05) is 25.0 Å². The summed E-state index contributed by atoms with van der Waals surface area (Å²) >= 11 is 0. The van der Waals surface area contributed by atoms with Crippen molar-refractivity contribution in [3.05, 3.63) is 29.8 Å². The number of piperidine rings is 1. The van der Waals surface area contributed by atoms with Crippen molar-refractivity contribution < 1.29 is 17.9 Å². The SMILES string of the molecule is CN=C(NCCCCCN1CCCCC1)NCc1ccc(OCC(F)(F)F)cc1.I. The summed E-state index contributed by atoms with van der Waals surface area (Å²) in [5, 5.41) is 6.52. The molecule has 1 aliphatic heterocycles. The normalized spacial score (nSPS) is 15.4. The highest BCUT2D eigenvalue weighted by molar-refractivity contribution is 14.0. The highest BCUT2D eigenvalue weighted by atomic mass is 127. The first kappa shape index (κ1) is 26.8. The van der Waals surface area contributed by atoms with Crippen molar-refractivity contribution in [2.24, 2.45) is 4.99 Å². The molecule has 0 atom stereocenters. The third kappa shape index (κ3) is 11.8. The average Bonchev–Trinajstić information content (AvgIpc) is 2.72. The summed E-state index contributed by atoms with van der Waals surface area (Å²) in [5.74, 6) is 0.927. The molecule has 9 heteroatoms. The van der Waals surface area contributed by atoms with Gasteiger partial charge in [-0.05, 0) is 63.0 Å². The molecule has 2 rings (SSSR count). The van der Waals surface area contributed by atoms with Crippen LogP contribution in [0, 0.1) is 0 Å². The Hall–Kier alpha value is -1.23. The number of likely N-dealkylation sites (tertiary alicyclic amines) is 1. The number of hydrogen-bond donors (Lipinski definition) is 2. The maximum Gasteiger partial charge on any atom is 0.422 e. The molecule has 0 aliphatic carbocycles. The molecule has 0 spiro atoms. The first-order valence-electron chi connectivity index (χ1n) is 10.4. The van der Waals surface area contributed by atoms with E-state index in [9.17, 15) is 13.2 Å². The van der Waals surface area contributed by atoms with E-state index in [0.29, 0.717) is 6.54 Å². The molecule has 0 saturated carbocycles. The molecule has 1 heterocycles. The van der Waals surface area contributed by atoms with Gasteiger partial charge in [0, 0.05) is 20.1 Å². The van der Waals surface area contributed by atoms with Crippen molar-refractivity contribution in [3.63, 3.8) is 0 Å². The zero-order valence-corrected chi connectivity index (χ0v) is 20.0. The molecule has 1 aromatic rings. The van der Waals surface area contributed by atoms with Gasteiger partial charge in [-0.15, -0.1) is 24.0 Å². The summed E-state index contributed by atoms with van der Waals surface area (Å²) < 4.78 is 41.2. The van der Waals surface area contributed by atoms with E-state index < -0.39 is 12.8 Å². The zero-order valence-electron chi connectivity index (χ0n) is 17.6. The minimum Gasteiger partial charge on any atom is -0.484 e. The van der Waals surface area contributed by atoms with Crippen LogP contribution in [0.25, 0.3) is 0 Å². The van der Waals surface area contributed by atoms with Gasteiger partial charge in [-0.3, -0.25) is 4.99 Å². The van der Waals surface area contributed by atoms with Crippen molar-refractivity contribution in [1.82, 2.24) is 15.5 Å². The first-order valence-corrected chi connectivity index (χ1v) is 10.4. The van der Waals surface area contributed by atoms with Crippen LogP contribution in [0.3, 0.4) is 0 Å². The smallest absolute Gasteiger partial charge is 0.422 e. The fraction of sp³-hybridized carbons (Fsp3) is 0.667. The number of halogens is 4. The molecule has 0 amide bonds. The number of benzene rings is 1. The largest absolute Gasteiger partial charge is 0.484 e. The Morgan fingerprint density at radius 1 is 1.03 bits per heavy atom. The number of rotatable bonds is 10. The molecule has 1 fully saturated rings. The standard InChI is InChI=1S/C21H33F3N4O.HI/c1-25-20(26-12-4-2-5-13-28-14-6-3-7-15-28)27-16-18-8-10-19(11-9-18)29-17-21(22,23)24;/h8-11H,2-7,12-17H2,1H3,(H2,25,26,27);1H. The molecule has 2 N–H and O–H groups in total. The number of alkyl halides is 3. The molecule has 0 bridgehead atoms. The van der Waals surface area contributed by atoms with Crippen LogP contribution in [-0.4, -0.2) is 56.9 Å². The highest BCUT2D eigenvalue weighted by Gasteiger charge is 2.28. The Balaban J connectivity index is 0.00000450. The Morgan fingerprint density at radius 3 is 2.37 bits per heavy atom. The van der Waals surface area contributed by atoms with Crippen LogP contribution in [0.5, 0.6) is 5.75 Å². The molecule has 0 unspecified atom stereocenters. The number of guanidine groups is 1. The van der Waals surface area contributed by atoms with E-state index in [2.05, 4.69) is 20.5 Å². The van der Waals surface area contributed by atoms with Crippen molar-refractivity contribution in [2.75, 3.05) is 39.8 Å². The molecule has 30 heavy (non-hydrogen) atoms. The number of aliphatic imine (C=N–C) groups is 1. The van der Waals surface area contributed by atoms with Crippen molar-refractivity contribution in [3.8, 4) is 5.75 Å². The van der Waals surface area contributed by atoms with Gasteiger partial charge in [0.2, 0.25) is 0 Å². The van der Waals surface area contributed by atoms with Gasteiger partial charge in [-0.25, -0.2) is 0 Å². The summed E-state index contributed by atoms with van der Waals surface area (Å²) in [6.45, 7) is 3.83. The van der Waals surface area contributed by atoms with Gasteiger partial charge in [0.05, 0.1) is 0 Å². The summed E-state index contributed by atoms with van der Waals surface area (Å²) in [7, 11) is 1.72. The lowest BCUT2D eigenvalue weighted by Gasteiger charge is -2.26. The van der Waals surface area contributed by atoms with Crippen LogP contribution >= 0.6 is 24.0 Å². The maximum atomic E-state index is 12.2. The Morgan fingerprint density at radius 2 is 1.73 bits per heavy atom. The molecule has 172 valence electrons. The van der Waals surface area contributed by atoms with E-state index in [1.165, 1.54) is 51.7 Å².